The summed E-state index contributed by atoms with van der Waals surface area (Å²) >= 11 is 1.54. The number of nitrogens with zero attached hydrogens (tertiary/aromatic N) is 2. The summed E-state index contributed by atoms with van der Waals surface area (Å²) in [6, 6.07) is 9.62. The molecule has 0 spiro atoms. The second-order valence-corrected chi connectivity index (χ2v) is 6.72. The van der Waals surface area contributed by atoms with Crippen molar-refractivity contribution in [1.82, 2.24) is 15.3 Å². The standard InChI is InChI=1S/C19H19N3OS/c1-12-6-7-13(2)16(9-12)18(23)21-14(3)19-22-17(11-24-19)15-5-4-8-20-10-15/h4-11,14H,1-3H3,(H,21,23)/t14-/m1/s1. The van der Waals surface area contributed by atoms with Gasteiger partial charge in [-0.1, -0.05) is 17.7 Å². The van der Waals surface area contributed by atoms with Gasteiger partial charge in [-0.25, -0.2) is 4.98 Å². The first kappa shape index (κ1) is 16.3. The highest BCUT2D eigenvalue weighted by atomic mass is 32.1. The van der Waals surface area contributed by atoms with Crippen LogP contribution in [0.1, 0.15) is 39.5 Å². The van der Waals surface area contributed by atoms with Crippen molar-refractivity contribution in [2.24, 2.45) is 0 Å². The predicted molar refractivity (Wildman–Crippen MR) is 97.1 cm³/mol. The molecule has 0 fully saturated rings. The van der Waals surface area contributed by atoms with Gasteiger partial charge >= 0.3 is 0 Å². The highest BCUT2D eigenvalue weighted by molar-refractivity contribution is 7.10. The molecule has 0 unspecified atom stereocenters. The molecular formula is C19H19N3OS. The van der Waals surface area contributed by atoms with Crippen LogP contribution in [0.5, 0.6) is 0 Å². The van der Waals surface area contributed by atoms with Crippen molar-refractivity contribution in [3.05, 3.63) is 69.8 Å². The topological polar surface area (TPSA) is 54.9 Å². The molecule has 4 nitrogen and oxygen atoms in total. The maximum atomic E-state index is 12.5. The van der Waals surface area contributed by atoms with E-state index in [1.165, 1.54) is 0 Å². The summed E-state index contributed by atoms with van der Waals surface area (Å²) in [6.45, 7) is 5.89. The number of amides is 1. The summed E-state index contributed by atoms with van der Waals surface area (Å²) in [7, 11) is 0. The van der Waals surface area contributed by atoms with Crippen molar-refractivity contribution in [3.63, 3.8) is 0 Å². The molecule has 3 aromatic rings. The average molecular weight is 337 g/mol. The number of pyridine rings is 1. The molecule has 3 rings (SSSR count). The Hall–Kier alpha value is -2.53. The Balaban J connectivity index is 1.75. The summed E-state index contributed by atoms with van der Waals surface area (Å²) in [6.07, 6.45) is 3.53. The summed E-state index contributed by atoms with van der Waals surface area (Å²) < 4.78 is 0. The highest BCUT2D eigenvalue weighted by Gasteiger charge is 2.16. The number of carbonyl (C=O) groups is 1. The zero-order valence-electron chi connectivity index (χ0n) is 13.9. The molecule has 1 N–H and O–H groups in total. The molecule has 0 aliphatic rings. The lowest BCUT2D eigenvalue weighted by Crippen LogP contribution is -2.27. The number of hydrogen-bond donors (Lipinski definition) is 1. The minimum Gasteiger partial charge on any atom is -0.343 e. The van der Waals surface area contributed by atoms with Crippen molar-refractivity contribution in [2.75, 3.05) is 0 Å². The van der Waals surface area contributed by atoms with Crippen LogP contribution in [0.15, 0.2) is 48.1 Å². The first-order valence-corrected chi connectivity index (χ1v) is 8.66. The van der Waals surface area contributed by atoms with E-state index in [1.807, 2.05) is 56.5 Å². The third-order valence-corrected chi connectivity index (χ3v) is 4.86. The molecule has 1 amide bonds. The molecule has 0 saturated heterocycles. The summed E-state index contributed by atoms with van der Waals surface area (Å²) in [5.41, 5.74) is 4.63. The number of nitrogens with one attached hydrogen (secondary N) is 1. The summed E-state index contributed by atoms with van der Waals surface area (Å²) in [5.74, 6) is -0.0678. The van der Waals surface area contributed by atoms with Crippen LogP contribution in [0.25, 0.3) is 11.3 Å². The minimum atomic E-state index is -0.146. The Morgan fingerprint density at radius 1 is 1.25 bits per heavy atom. The maximum absolute atomic E-state index is 12.5. The first-order chi connectivity index (χ1) is 11.5. The Bertz CT molecular complexity index is 858. The minimum absolute atomic E-state index is 0.0678. The van der Waals surface area contributed by atoms with Crippen LogP contribution >= 0.6 is 11.3 Å². The van der Waals surface area contributed by atoms with E-state index >= 15 is 0 Å². The van der Waals surface area contributed by atoms with E-state index in [2.05, 4.69) is 15.3 Å². The Kier molecular flexibility index (Phi) is 4.71. The second kappa shape index (κ2) is 6.93. The van der Waals surface area contributed by atoms with E-state index in [0.29, 0.717) is 5.56 Å². The number of aromatic nitrogens is 2. The normalized spacial score (nSPS) is 12.0. The highest BCUT2D eigenvalue weighted by Crippen LogP contribution is 2.25. The van der Waals surface area contributed by atoms with E-state index < -0.39 is 0 Å². The van der Waals surface area contributed by atoms with Crippen LogP contribution in [-0.4, -0.2) is 15.9 Å². The van der Waals surface area contributed by atoms with Crippen LogP contribution in [0, 0.1) is 13.8 Å². The fraction of sp³-hybridized carbons (Fsp3) is 0.211. The molecule has 1 aromatic carbocycles. The fourth-order valence-corrected chi connectivity index (χ4v) is 3.29. The van der Waals surface area contributed by atoms with Crippen LogP contribution in [0.3, 0.4) is 0 Å². The quantitative estimate of drug-likeness (QED) is 0.771. The van der Waals surface area contributed by atoms with Gasteiger partial charge < -0.3 is 5.32 Å². The van der Waals surface area contributed by atoms with E-state index in [-0.39, 0.29) is 11.9 Å². The van der Waals surface area contributed by atoms with Gasteiger partial charge in [0.25, 0.3) is 5.91 Å². The van der Waals surface area contributed by atoms with Crippen molar-refractivity contribution in [1.29, 1.82) is 0 Å². The molecule has 0 aliphatic carbocycles. The lowest BCUT2D eigenvalue weighted by Gasteiger charge is -2.13. The zero-order chi connectivity index (χ0) is 17.1. The molecule has 0 saturated carbocycles. The van der Waals surface area contributed by atoms with Crippen LogP contribution in [0.2, 0.25) is 0 Å². The van der Waals surface area contributed by atoms with Crippen molar-refractivity contribution >= 4 is 17.2 Å². The van der Waals surface area contributed by atoms with E-state index in [0.717, 1.165) is 27.4 Å². The van der Waals surface area contributed by atoms with Gasteiger partial charge in [0.2, 0.25) is 0 Å². The largest absolute Gasteiger partial charge is 0.343 e. The van der Waals surface area contributed by atoms with Gasteiger partial charge in [-0.2, -0.15) is 0 Å². The van der Waals surface area contributed by atoms with E-state index in [4.69, 9.17) is 0 Å². The third kappa shape index (κ3) is 3.51. The lowest BCUT2D eigenvalue weighted by atomic mass is 10.0. The number of rotatable bonds is 4. The molecule has 24 heavy (non-hydrogen) atoms. The maximum Gasteiger partial charge on any atom is 0.252 e. The third-order valence-electron chi connectivity index (χ3n) is 3.83. The van der Waals surface area contributed by atoms with Crippen LogP contribution < -0.4 is 5.32 Å². The van der Waals surface area contributed by atoms with Gasteiger partial charge in [0.15, 0.2) is 0 Å². The average Bonchev–Trinajstić information content (AvgIpc) is 3.08. The van der Waals surface area contributed by atoms with Gasteiger partial charge in [0, 0.05) is 28.9 Å². The molecule has 2 aromatic heterocycles. The number of aryl methyl sites for hydroxylation is 2. The Morgan fingerprint density at radius 3 is 2.83 bits per heavy atom. The van der Waals surface area contributed by atoms with E-state index in [1.54, 1.807) is 23.7 Å². The fourth-order valence-electron chi connectivity index (χ4n) is 2.45. The summed E-state index contributed by atoms with van der Waals surface area (Å²) in [5, 5.41) is 5.91. The van der Waals surface area contributed by atoms with Crippen LogP contribution in [-0.2, 0) is 0 Å². The molecule has 0 aliphatic heterocycles. The van der Waals surface area contributed by atoms with Gasteiger partial charge in [-0.05, 0) is 44.5 Å². The molecule has 5 heteroatoms. The SMILES string of the molecule is Cc1ccc(C)c(C(=O)N[C@H](C)c2nc(-c3cccnc3)cs2)c1. The zero-order valence-corrected chi connectivity index (χ0v) is 14.7. The van der Waals surface area contributed by atoms with Crippen LogP contribution in [0.4, 0.5) is 0 Å². The monoisotopic (exact) mass is 337 g/mol. The molecular weight excluding hydrogens is 318 g/mol. The smallest absolute Gasteiger partial charge is 0.252 e. The van der Waals surface area contributed by atoms with E-state index in [9.17, 15) is 4.79 Å². The number of thiazole rings is 1. The van der Waals surface area contributed by atoms with Gasteiger partial charge in [-0.15, -0.1) is 11.3 Å². The number of carbonyl (C=O) groups excluding carboxylic acids is 1. The Morgan fingerprint density at radius 2 is 2.08 bits per heavy atom. The van der Waals surface area contributed by atoms with Gasteiger partial charge in [-0.3, -0.25) is 9.78 Å². The first-order valence-electron chi connectivity index (χ1n) is 7.78. The molecule has 0 radical (unpaired) electrons. The van der Waals surface area contributed by atoms with Gasteiger partial charge in [0.05, 0.1) is 11.7 Å². The number of hydrogen-bond acceptors (Lipinski definition) is 4. The lowest BCUT2D eigenvalue weighted by molar-refractivity contribution is 0.0939. The number of benzene rings is 1. The van der Waals surface area contributed by atoms with Crippen molar-refractivity contribution < 1.29 is 4.79 Å². The van der Waals surface area contributed by atoms with Crippen molar-refractivity contribution in [2.45, 2.75) is 26.8 Å². The Labute approximate surface area is 145 Å². The van der Waals surface area contributed by atoms with Gasteiger partial charge in [0.1, 0.15) is 5.01 Å². The van der Waals surface area contributed by atoms with Crippen molar-refractivity contribution in [3.8, 4) is 11.3 Å². The molecule has 0 bridgehead atoms. The summed E-state index contributed by atoms with van der Waals surface area (Å²) in [4.78, 5) is 21.3. The molecule has 2 heterocycles. The predicted octanol–water partition coefficient (Wildman–Crippen LogP) is 4.31. The second-order valence-electron chi connectivity index (χ2n) is 5.83. The molecule has 1 atom stereocenters. The molecule has 122 valence electrons.